The molecule has 1 fully saturated rings. The van der Waals surface area contributed by atoms with Crippen LogP contribution in [-0.4, -0.2) is 32.3 Å². The van der Waals surface area contributed by atoms with Gasteiger partial charge in [-0.2, -0.15) is 0 Å². The summed E-state index contributed by atoms with van der Waals surface area (Å²) in [6.45, 7) is 2.15. The third kappa shape index (κ3) is 4.24. The number of likely N-dealkylation sites (tertiary alicyclic amines) is 1. The molecule has 0 radical (unpaired) electrons. The summed E-state index contributed by atoms with van der Waals surface area (Å²) in [6.07, 6.45) is 9.53. The van der Waals surface area contributed by atoms with E-state index in [9.17, 15) is 0 Å². The van der Waals surface area contributed by atoms with Crippen molar-refractivity contribution < 1.29 is 4.40 Å². The number of hydrogen-bond acceptors (Lipinski definition) is 3. The molecule has 0 unspecified atom stereocenters. The number of nitrogens with one attached hydrogen (secondary N) is 1. The first-order valence-corrected chi connectivity index (χ1v) is 10.5. The van der Waals surface area contributed by atoms with Crippen LogP contribution in [0.2, 0.25) is 0 Å². The van der Waals surface area contributed by atoms with E-state index in [1.807, 2.05) is 16.7 Å². The molecule has 1 aliphatic rings. The highest BCUT2D eigenvalue weighted by molar-refractivity contribution is 8.22. The minimum atomic E-state index is 0.776. The fraction of sp³-hybridized carbons (Fsp3) is 0.350. The maximum absolute atomic E-state index is 5.67. The van der Waals surface area contributed by atoms with Crippen LogP contribution in [0.15, 0.2) is 55.0 Å². The zero-order chi connectivity index (χ0) is 17.8. The summed E-state index contributed by atoms with van der Waals surface area (Å²) in [6, 6.07) is 12.8. The van der Waals surface area contributed by atoms with Crippen LogP contribution in [0.25, 0.3) is 5.78 Å². The van der Waals surface area contributed by atoms with E-state index in [1.54, 1.807) is 18.0 Å². The normalized spacial score (nSPS) is 15.5. The fourth-order valence-corrected chi connectivity index (χ4v) is 4.65. The average molecular weight is 384 g/mol. The Hall–Kier alpha value is -1.92. The van der Waals surface area contributed by atoms with Crippen LogP contribution >= 0.6 is 24.0 Å². The van der Waals surface area contributed by atoms with E-state index in [1.165, 1.54) is 24.8 Å². The lowest BCUT2D eigenvalue weighted by molar-refractivity contribution is -0.512. The third-order valence-electron chi connectivity index (χ3n) is 4.93. The lowest BCUT2D eigenvalue weighted by Crippen LogP contribution is -2.36. The molecular formula is C20H23N4S2+. The molecule has 1 aliphatic heterocycles. The van der Waals surface area contributed by atoms with Crippen LogP contribution < -0.4 is 4.40 Å². The molecule has 1 aromatic carbocycles. The molecule has 1 N–H and O–H groups in total. The summed E-state index contributed by atoms with van der Waals surface area (Å²) in [5, 5.41) is 0. The van der Waals surface area contributed by atoms with Gasteiger partial charge in [0.05, 0.1) is 11.9 Å². The molecule has 0 bridgehead atoms. The van der Waals surface area contributed by atoms with Gasteiger partial charge in [-0.05, 0) is 30.7 Å². The van der Waals surface area contributed by atoms with Gasteiger partial charge in [0.1, 0.15) is 22.4 Å². The van der Waals surface area contributed by atoms with E-state index in [0.29, 0.717) is 0 Å². The van der Waals surface area contributed by atoms with Gasteiger partial charge < -0.3 is 4.90 Å². The number of rotatable bonds is 4. The Labute approximate surface area is 163 Å². The van der Waals surface area contributed by atoms with Crippen molar-refractivity contribution in [1.29, 1.82) is 0 Å². The number of H-pyrrole nitrogens is 1. The molecule has 0 aliphatic carbocycles. The van der Waals surface area contributed by atoms with Crippen LogP contribution in [0.3, 0.4) is 0 Å². The fourth-order valence-electron chi connectivity index (χ4n) is 3.50. The number of hydrogen-bond donors (Lipinski definition) is 1. The summed E-state index contributed by atoms with van der Waals surface area (Å²) < 4.78 is 3.02. The van der Waals surface area contributed by atoms with Crippen molar-refractivity contribution in [2.75, 3.05) is 13.1 Å². The van der Waals surface area contributed by atoms with Gasteiger partial charge in [-0.25, -0.2) is 9.38 Å². The lowest BCUT2D eigenvalue weighted by atomic mass is 9.90. The van der Waals surface area contributed by atoms with E-state index in [4.69, 9.17) is 12.2 Å². The highest BCUT2D eigenvalue weighted by Crippen LogP contribution is 2.25. The Bertz CT molecular complexity index is 837. The molecule has 3 heterocycles. The molecule has 2 aromatic heterocycles. The Morgan fingerprint density at radius 1 is 1.23 bits per heavy atom. The highest BCUT2D eigenvalue weighted by atomic mass is 32.2. The summed E-state index contributed by atoms with van der Waals surface area (Å²) in [7, 11) is 0. The van der Waals surface area contributed by atoms with Crippen LogP contribution in [-0.2, 0) is 12.2 Å². The van der Waals surface area contributed by atoms with Crippen molar-refractivity contribution in [3.05, 3.63) is 66.2 Å². The lowest BCUT2D eigenvalue weighted by Gasteiger charge is -2.33. The number of aromatic nitrogens is 3. The summed E-state index contributed by atoms with van der Waals surface area (Å²) >= 11 is 7.42. The molecule has 3 aromatic rings. The number of thioether (sulfide) groups is 1. The maximum Gasteiger partial charge on any atom is 0.400 e. The number of benzene rings is 1. The Morgan fingerprint density at radius 3 is 2.81 bits per heavy atom. The molecule has 4 rings (SSSR count). The minimum Gasteiger partial charge on any atom is -0.357 e. The topological polar surface area (TPSA) is 36.0 Å². The standard InChI is InChI=1S/C20H22N4S2/c25-20(26-15-18-14-24-10-4-9-21-19(24)22-18)23-11-7-17(8-12-23)13-16-5-2-1-3-6-16/h1-6,9-10,14,17H,7-8,11-13,15H2/p+1. The number of imidazole rings is 1. The first kappa shape index (κ1) is 17.5. The highest BCUT2D eigenvalue weighted by Gasteiger charge is 2.21. The summed E-state index contributed by atoms with van der Waals surface area (Å²) in [4.78, 5) is 10.0. The molecule has 26 heavy (non-hydrogen) atoms. The molecule has 0 atom stereocenters. The minimum absolute atomic E-state index is 0.776. The second-order valence-electron chi connectivity index (χ2n) is 6.80. The summed E-state index contributed by atoms with van der Waals surface area (Å²) in [5.74, 6) is 2.50. The van der Waals surface area contributed by atoms with E-state index in [2.05, 4.69) is 51.4 Å². The zero-order valence-corrected chi connectivity index (χ0v) is 16.3. The molecule has 134 valence electrons. The number of thiocarbonyl (C=S) groups is 1. The quantitative estimate of drug-likeness (QED) is 0.551. The molecular weight excluding hydrogens is 360 g/mol. The van der Waals surface area contributed by atoms with Crippen LogP contribution in [0.1, 0.15) is 24.1 Å². The number of aromatic amines is 1. The molecule has 0 spiro atoms. The number of piperidine rings is 1. The molecule has 0 amide bonds. The van der Waals surface area contributed by atoms with Crippen LogP contribution in [0.4, 0.5) is 0 Å². The summed E-state index contributed by atoms with van der Waals surface area (Å²) in [5.41, 5.74) is 2.60. The van der Waals surface area contributed by atoms with Gasteiger partial charge in [-0.15, -0.1) is 0 Å². The molecule has 6 heteroatoms. The van der Waals surface area contributed by atoms with E-state index in [0.717, 1.165) is 40.6 Å². The smallest absolute Gasteiger partial charge is 0.357 e. The molecule has 1 saturated heterocycles. The largest absolute Gasteiger partial charge is 0.400 e. The van der Waals surface area contributed by atoms with E-state index in [-0.39, 0.29) is 0 Å². The van der Waals surface area contributed by atoms with Gasteiger partial charge in [0, 0.05) is 19.2 Å². The molecule has 4 nitrogen and oxygen atoms in total. The first-order valence-electron chi connectivity index (χ1n) is 9.07. The van der Waals surface area contributed by atoms with Gasteiger partial charge in [0.25, 0.3) is 0 Å². The van der Waals surface area contributed by atoms with Crippen molar-refractivity contribution in [1.82, 2.24) is 14.9 Å². The monoisotopic (exact) mass is 383 g/mol. The van der Waals surface area contributed by atoms with Gasteiger partial charge in [0.15, 0.2) is 0 Å². The van der Waals surface area contributed by atoms with Crippen molar-refractivity contribution in [3.63, 3.8) is 0 Å². The number of fused-ring (bicyclic) bond motifs is 1. The van der Waals surface area contributed by atoms with Crippen molar-refractivity contribution in [3.8, 4) is 0 Å². The van der Waals surface area contributed by atoms with Gasteiger partial charge in [-0.3, -0.25) is 0 Å². The van der Waals surface area contributed by atoms with Crippen LogP contribution in [0, 0.1) is 5.92 Å². The molecule has 0 saturated carbocycles. The Kier molecular flexibility index (Phi) is 5.51. The second kappa shape index (κ2) is 8.18. The Balaban J connectivity index is 1.25. The average Bonchev–Trinajstić information content (AvgIpc) is 3.10. The van der Waals surface area contributed by atoms with Crippen molar-refractivity contribution >= 4 is 34.1 Å². The number of nitrogens with zero attached hydrogens (tertiary/aromatic N) is 3. The van der Waals surface area contributed by atoms with Gasteiger partial charge in [-0.1, -0.05) is 59.3 Å². The first-order chi connectivity index (χ1) is 12.8. The van der Waals surface area contributed by atoms with Crippen molar-refractivity contribution in [2.24, 2.45) is 5.92 Å². The predicted molar refractivity (Wildman–Crippen MR) is 110 cm³/mol. The van der Waals surface area contributed by atoms with E-state index >= 15 is 0 Å². The van der Waals surface area contributed by atoms with Gasteiger partial charge >= 0.3 is 5.78 Å². The third-order valence-corrected chi connectivity index (χ3v) is 6.50. The van der Waals surface area contributed by atoms with E-state index < -0.39 is 0 Å². The SMILES string of the molecule is S=C(SCc1c[n+]2cccnc2[nH]1)N1CCC(Cc2ccccc2)CC1. The zero-order valence-electron chi connectivity index (χ0n) is 14.7. The predicted octanol–water partition coefficient (Wildman–Crippen LogP) is 3.62. The van der Waals surface area contributed by atoms with Crippen LogP contribution in [0.5, 0.6) is 0 Å². The van der Waals surface area contributed by atoms with Gasteiger partial charge in [0.2, 0.25) is 0 Å². The maximum atomic E-state index is 5.67. The van der Waals surface area contributed by atoms with Crippen molar-refractivity contribution in [2.45, 2.75) is 25.0 Å². The second-order valence-corrected chi connectivity index (χ2v) is 8.41. The Morgan fingerprint density at radius 2 is 2.04 bits per heavy atom.